The van der Waals surface area contributed by atoms with Crippen molar-refractivity contribution in [3.05, 3.63) is 57.8 Å². The van der Waals surface area contributed by atoms with Gasteiger partial charge in [-0.2, -0.15) is 0 Å². The van der Waals surface area contributed by atoms with Crippen LogP contribution in [0.15, 0.2) is 46.9 Å². The minimum Gasteiger partial charge on any atom is -0.380 e. The lowest BCUT2D eigenvalue weighted by molar-refractivity contribution is -0.128. The maximum atomic E-state index is 14.3. The van der Waals surface area contributed by atoms with E-state index in [9.17, 15) is 13.2 Å². The Bertz CT molecular complexity index is 686. The van der Waals surface area contributed by atoms with E-state index >= 15 is 0 Å². The van der Waals surface area contributed by atoms with Crippen LogP contribution in [0.25, 0.3) is 0 Å². The van der Waals surface area contributed by atoms with Crippen molar-refractivity contribution in [3.63, 3.8) is 0 Å². The Labute approximate surface area is 130 Å². The van der Waals surface area contributed by atoms with Crippen LogP contribution in [0.2, 0.25) is 0 Å². The van der Waals surface area contributed by atoms with Crippen molar-refractivity contribution in [3.8, 4) is 0 Å². The van der Waals surface area contributed by atoms with Crippen LogP contribution < -0.4 is 0 Å². The molecule has 0 N–H and O–H groups in total. The van der Waals surface area contributed by atoms with E-state index in [1.165, 1.54) is 11.3 Å². The van der Waals surface area contributed by atoms with Crippen molar-refractivity contribution in [2.75, 3.05) is 0 Å². The van der Waals surface area contributed by atoms with Gasteiger partial charge in [-0.3, -0.25) is 0 Å². The van der Waals surface area contributed by atoms with Gasteiger partial charge >= 0.3 is 0 Å². The van der Waals surface area contributed by atoms with Gasteiger partial charge in [-0.05, 0) is 23.9 Å². The molecule has 0 saturated carbocycles. The summed E-state index contributed by atoms with van der Waals surface area (Å²) < 4.78 is 40.4. The molecule has 1 aromatic heterocycles. The molecule has 2 aromatic rings. The van der Waals surface area contributed by atoms with E-state index in [2.05, 4.69) is 5.16 Å². The molecule has 0 aliphatic carbocycles. The molecule has 3 rings (SSSR count). The van der Waals surface area contributed by atoms with Crippen molar-refractivity contribution in [1.82, 2.24) is 0 Å². The topological polar surface area (TPSA) is 21.6 Å². The molecule has 0 radical (unpaired) electrons. The Morgan fingerprint density at radius 2 is 1.95 bits per heavy atom. The van der Waals surface area contributed by atoms with E-state index in [4.69, 9.17) is 4.84 Å². The first-order valence-corrected chi connectivity index (χ1v) is 7.69. The average molecular weight is 325 g/mol. The zero-order chi connectivity index (χ0) is 15.7. The Morgan fingerprint density at radius 3 is 2.55 bits per heavy atom. The van der Waals surface area contributed by atoms with E-state index in [0.717, 1.165) is 10.4 Å². The third kappa shape index (κ3) is 2.52. The highest BCUT2D eigenvalue weighted by Crippen LogP contribution is 2.43. The monoisotopic (exact) mass is 325 g/mol. The van der Waals surface area contributed by atoms with Crippen molar-refractivity contribution in [1.29, 1.82) is 0 Å². The zero-order valence-electron chi connectivity index (χ0n) is 11.8. The van der Waals surface area contributed by atoms with Crippen LogP contribution in [0.3, 0.4) is 0 Å². The Morgan fingerprint density at radius 1 is 1.23 bits per heavy atom. The fourth-order valence-electron chi connectivity index (χ4n) is 2.55. The van der Waals surface area contributed by atoms with E-state index in [-0.39, 0.29) is 6.42 Å². The first kappa shape index (κ1) is 15.1. The smallest absolute Gasteiger partial charge is 0.273 e. The van der Waals surface area contributed by atoms with Gasteiger partial charge in [0.2, 0.25) is 11.8 Å². The van der Waals surface area contributed by atoms with Gasteiger partial charge < -0.3 is 4.84 Å². The molecule has 1 aliphatic rings. The second-order valence-electron chi connectivity index (χ2n) is 5.29. The van der Waals surface area contributed by atoms with Gasteiger partial charge in [-0.25, -0.2) is 13.2 Å². The number of alkyl halides is 3. The molecule has 1 aliphatic heterocycles. The normalized spacial score (nSPS) is 22.5. The highest BCUT2D eigenvalue weighted by molar-refractivity contribution is 7.12. The lowest BCUT2D eigenvalue weighted by Crippen LogP contribution is -2.41. The maximum Gasteiger partial charge on any atom is 0.273 e. The SMILES string of the molecule is Cc1csc(C2=NOC(c3ccccc3)(C(F)C(F)F)C2)c1. The average Bonchev–Trinajstić information content (AvgIpc) is 3.14. The van der Waals surface area contributed by atoms with Gasteiger partial charge in [-0.15, -0.1) is 11.3 Å². The Kier molecular flexibility index (Phi) is 3.95. The van der Waals surface area contributed by atoms with Crippen LogP contribution in [0.1, 0.15) is 22.4 Å². The number of benzene rings is 1. The molecule has 22 heavy (non-hydrogen) atoms. The molecule has 2 atom stereocenters. The summed E-state index contributed by atoms with van der Waals surface area (Å²) in [4.78, 5) is 6.08. The largest absolute Gasteiger partial charge is 0.380 e. The second kappa shape index (κ2) is 5.76. The molecule has 2 unspecified atom stereocenters. The minimum atomic E-state index is -3.14. The third-order valence-corrected chi connectivity index (χ3v) is 4.79. The number of nitrogens with zero attached hydrogens (tertiary/aromatic N) is 1. The molecule has 0 bridgehead atoms. The van der Waals surface area contributed by atoms with Crippen molar-refractivity contribution in [2.45, 2.75) is 31.5 Å². The summed E-state index contributed by atoms with van der Waals surface area (Å²) in [6, 6.07) is 10.2. The van der Waals surface area contributed by atoms with Gasteiger partial charge in [0.05, 0.1) is 4.88 Å². The molecule has 0 spiro atoms. The minimum absolute atomic E-state index is 0.0114. The summed E-state index contributed by atoms with van der Waals surface area (Å²) in [5.41, 5.74) is 0.161. The highest BCUT2D eigenvalue weighted by Gasteiger charge is 2.53. The number of rotatable bonds is 4. The number of halogens is 3. The fourth-order valence-corrected chi connectivity index (χ4v) is 3.43. The fraction of sp³-hybridized carbons (Fsp3) is 0.312. The Balaban J connectivity index is 1.97. The molecular formula is C16H14F3NOS. The summed E-state index contributed by atoms with van der Waals surface area (Å²) in [5.74, 6) is 0. The summed E-state index contributed by atoms with van der Waals surface area (Å²) in [6.07, 6.45) is -5.60. The van der Waals surface area contributed by atoms with Crippen molar-refractivity contribution in [2.24, 2.45) is 5.16 Å². The number of oxime groups is 1. The molecule has 1 aromatic carbocycles. The number of hydrogen-bond donors (Lipinski definition) is 0. The van der Waals surface area contributed by atoms with Crippen LogP contribution in [-0.4, -0.2) is 18.3 Å². The summed E-state index contributed by atoms with van der Waals surface area (Å²) in [7, 11) is 0. The van der Waals surface area contributed by atoms with E-state index in [1.54, 1.807) is 30.3 Å². The molecule has 0 saturated heterocycles. The summed E-state index contributed by atoms with van der Waals surface area (Å²) in [6.45, 7) is 1.93. The van der Waals surface area contributed by atoms with E-state index in [1.807, 2.05) is 18.4 Å². The van der Waals surface area contributed by atoms with Crippen LogP contribution in [0.5, 0.6) is 0 Å². The third-order valence-electron chi connectivity index (χ3n) is 3.69. The number of hydrogen-bond acceptors (Lipinski definition) is 3. The highest BCUT2D eigenvalue weighted by atomic mass is 32.1. The van der Waals surface area contributed by atoms with Crippen molar-refractivity contribution >= 4 is 17.0 Å². The molecule has 2 heterocycles. The standard InChI is InChI=1S/C16H14F3NOS/c1-10-7-13(22-9-10)12-8-16(21-20-12,14(17)15(18)19)11-5-3-2-4-6-11/h2-7,9,14-15H,8H2,1H3. The molecule has 0 amide bonds. The maximum absolute atomic E-state index is 14.3. The Hall–Kier alpha value is -1.82. The quantitative estimate of drug-likeness (QED) is 0.800. The zero-order valence-corrected chi connectivity index (χ0v) is 12.6. The second-order valence-corrected chi connectivity index (χ2v) is 6.20. The van der Waals surface area contributed by atoms with Crippen LogP contribution in [-0.2, 0) is 10.4 Å². The van der Waals surface area contributed by atoms with Crippen LogP contribution >= 0.6 is 11.3 Å². The van der Waals surface area contributed by atoms with E-state index in [0.29, 0.717) is 11.3 Å². The van der Waals surface area contributed by atoms with Gasteiger partial charge in [-0.1, -0.05) is 35.5 Å². The summed E-state index contributed by atoms with van der Waals surface area (Å²) in [5, 5.41) is 5.84. The van der Waals surface area contributed by atoms with Gasteiger partial charge in [0.1, 0.15) is 5.71 Å². The first-order chi connectivity index (χ1) is 10.5. The lowest BCUT2D eigenvalue weighted by Gasteiger charge is -2.30. The van der Waals surface area contributed by atoms with Crippen LogP contribution in [0, 0.1) is 6.92 Å². The van der Waals surface area contributed by atoms with Gasteiger partial charge in [0.15, 0.2) is 0 Å². The predicted octanol–water partition coefficient (Wildman–Crippen LogP) is 4.68. The molecule has 116 valence electrons. The van der Waals surface area contributed by atoms with Gasteiger partial charge in [0.25, 0.3) is 6.43 Å². The number of thiophene rings is 1. The van der Waals surface area contributed by atoms with Gasteiger partial charge in [0, 0.05) is 12.0 Å². The van der Waals surface area contributed by atoms with E-state index < -0.39 is 18.2 Å². The molecule has 2 nitrogen and oxygen atoms in total. The predicted molar refractivity (Wildman–Crippen MR) is 80.3 cm³/mol. The lowest BCUT2D eigenvalue weighted by atomic mass is 9.84. The molecular weight excluding hydrogens is 311 g/mol. The molecule has 6 heteroatoms. The summed E-state index contributed by atoms with van der Waals surface area (Å²) >= 11 is 1.44. The number of aryl methyl sites for hydroxylation is 1. The molecule has 0 fully saturated rings. The first-order valence-electron chi connectivity index (χ1n) is 6.81. The van der Waals surface area contributed by atoms with Crippen LogP contribution in [0.4, 0.5) is 13.2 Å². The van der Waals surface area contributed by atoms with Crippen molar-refractivity contribution < 1.29 is 18.0 Å².